The summed E-state index contributed by atoms with van der Waals surface area (Å²) in [4.78, 5) is 11.9. The lowest BCUT2D eigenvalue weighted by Crippen LogP contribution is -2.49. The molecule has 1 saturated heterocycles. The van der Waals surface area contributed by atoms with E-state index in [1.165, 1.54) is 0 Å². The lowest BCUT2D eigenvalue weighted by Gasteiger charge is -2.36. The molecule has 1 N–H and O–H groups in total. The van der Waals surface area contributed by atoms with Crippen molar-refractivity contribution >= 4 is 15.8 Å². The molecule has 1 aliphatic heterocycles. The van der Waals surface area contributed by atoms with Crippen molar-refractivity contribution in [1.82, 2.24) is 0 Å². The Hall–Kier alpha value is -0.620. The van der Waals surface area contributed by atoms with Crippen LogP contribution in [-0.4, -0.2) is 43.2 Å². The second kappa shape index (κ2) is 6.02. The quantitative estimate of drug-likeness (QED) is 0.756. The van der Waals surface area contributed by atoms with E-state index in [2.05, 4.69) is 0 Å². The Labute approximate surface area is 108 Å². The molecule has 6 heteroatoms. The third-order valence-electron chi connectivity index (χ3n) is 3.49. The minimum atomic E-state index is -2.99. The van der Waals surface area contributed by atoms with Gasteiger partial charge in [-0.25, -0.2) is 13.2 Å². The van der Waals surface area contributed by atoms with Gasteiger partial charge in [-0.15, -0.1) is 0 Å². The van der Waals surface area contributed by atoms with Gasteiger partial charge in [-0.3, -0.25) is 0 Å². The van der Waals surface area contributed by atoms with Crippen molar-refractivity contribution < 1.29 is 23.1 Å². The molecule has 106 valence electrons. The molecule has 1 atom stereocenters. The highest BCUT2D eigenvalue weighted by Gasteiger charge is 2.46. The summed E-state index contributed by atoms with van der Waals surface area (Å²) < 4.78 is 27.7. The fourth-order valence-electron chi connectivity index (χ4n) is 2.48. The van der Waals surface area contributed by atoms with Crippen LogP contribution >= 0.6 is 0 Å². The maximum atomic E-state index is 11.9. The van der Waals surface area contributed by atoms with Crippen molar-refractivity contribution in [2.75, 3.05) is 18.1 Å². The molecule has 1 heterocycles. The van der Waals surface area contributed by atoms with E-state index >= 15 is 0 Å². The predicted octanol–water partition coefficient (Wildman–Crippen LogP) is 0.905. The maximum absolute atomic E-state index is 11.9. The van der Waals surface area contributed by atoms with Gasteiger partial charge < -0.3 is 9.84 Å². The molecule has 0 aromatic heterocycles. The summed E-state index contributed by atoms with van der Waals surface area (Å²) in [5.41, 5.74) is -1.53. The number of rotatable bonds is 5. The summed E-state index contributed by atoms with van der Waals surface area (Å²) in [6.45, 7) is 3.79. The SMILES string of the molecule is CCCC(O)(C(=O)OCC)C1CCS(=O)(=O)CC1. The van der Waals surface area contributed by atoms with Gasteiger partial charge in [0.15, 0.2) is 5.60 Å². The Bertz CT molecular complexity index is 375. The molecule has 0 bridgehead atoms. The topological polar surface area (TPSA) is 80.7 Å². The first-order chi connectivity index (χ1) is 8.35. The molecule has 1 rings (SSSR count). The Morgan fingerprint density at radius 1 is 1.33 bits per heavy atom. The highest BCUT2D eigenvalue weighted by molar-refractivity contribution is 7.91. The Morgan fingerprint density at radius 3 is 2.33 bits per heavy atom. The number of carbonyl (C=O) groups excluding carboxylic acids is 1. The normalized spacial score (nSPS) is 23.3. The molecule has 1 fully saturated rings. The van der Waals surface area contributed by atoms with Gasteiger partial charge in [0.1, 0.15) is 9.84 Å². The Morgan fingerprint density at radius 2 is 1.89 bits per heavy atom. The van der Waals surface area contributed by atoms with Crippen LogP contribution in [0.15, 0.2) is 0 Å². The van der Waals surface area contributed by atoms with Crippen LogP contribution in [-0.2, 0) is 19.4 Å². The van der Waals surface area contributed by atoms with Crippen molar-refractivity contribution in [3.05, 3.63) is 0 Å². The third-order valence-corrected chi connectivity index (χ3v) is 5.21. The lowest BCUT2D eigenvalue weighted by molar-refractivity contribution is -0.173. The molecule has 0 radical (unpaired) electrons. The number of ether oxygens (including phenoxy) is 1. The number of sulfone groups is 1. The minimum absolute atomic E-state index is 0.0447. The van der Waals surface area contributed by atoms with Crippen LogP contribution in [0.2, 0.25) is 0 Å². The molecule has 0 spiro atoms. The van der Waals surface area contributed by atoms with Crippen LogP contribution in [0.25, 0.3) is 0 Å². The molecular weight excluding hydrogens is 256 g/mol. The first-order valence-corrected chi connectivity index (χ1v) is 8.28. The molecule has 1 unspecified atom stereocenters. The van der Waals surface area contributed by atoms with E-state index in [0.29, 0.717) is 25.7 Å². The van der Waals surface area contributed by atoms with Crippen LogP contribution in [0.4, 0.5) is 0 Å². The van der Waals surface area contributed by atoms with Gasteiger partial charge >= 0.3 is 5.97 Å². The van der Waals surface area contributed by atoms with E-state index in [-0.39, 0.29) is 24.0 Å². The van der Waals surface area contributed by atoms with Crippen molar-refractivity contribution in [2.45, 2.75) is 45.1 Å². The number of carbonyl (C=O) groups is 1. The summed E-state index contributed by atoms with van der Waals surface area (Å²) in [5, 5.41) is 10.5. The van der Waals surface area contributed by atoms with Gasteiger partial charge in [0.05, 0.1) is 18.1 Å². The zero-order valence-corrected chi connectivity index (χ0v) is 11.8. The van der Waals surface area contributed by atoms with Crippen LogP contribution in [0.3, 0.4) is 0 Å². The number of esters is 1. The van der Waals surface area contributed by atoms with Crippen LogP contribution < -0.4 is 0 Å². The average molecular weight is 278 g/mol. The average Bonchev–Trinajstić information content (AvgIpc) is 2.29. The summed E-state index contributed by atoms with van der Waals surface area (Å²) in [6.07, 6.45) is 1.63. The fraction of sp³-hybridized carbons (Fsp3) is 0.917. The van der Waals surface area contributed by atoms with Gasteiger partial charge in [-0.1, -0.05) is 13.3 Å². The van der Waals surface area contributed by atoms with Gasteiger partial charge in [-0.05, 0) is 26.2 Å². The smallest absolute Gasteiger partial charge is 0.338 e. The lowest BCUT2D eigenvalue weighted by atomic mass is 9.80. The molecule has 0 saturated carbocycles. The van der Waals surface area contributed by atoms with Crippen molar-refractivity contribution in [3.63, 3.8) is 0 Å². The van der Waals surface area contributed by atoms with Gasteiger partial charge in [0.25, 0.3) is 0 Å². The summed E-state index contributed by atoms with van der Waals surface area (Å²) in [7, 11) is -2.99. The van der Waals surface area contributed by atoms with Crippen molar-refractivity contribution in [3.8, 4) is 0 Å². The molecule has 0 aliphatic carbocycles. The number of hydrogen-bond acceptors (Lipinski definition) is 5. The molecule has 0 aromatic rings. The zero-order chi connectivity index (χ0) is 13.8. The summed E-state index contributed by atoms with van der Waals surface area (Å²) in [5.74, 6) is -0.845. The van der Waals surface area contributed by atoms with Gasteiger partial charge in [-0.2, -0.15) is 0 Å². The van der Waals surface area contributed by atoms with E-state index in [0.717, 1.165) is 0 Å². The Balaban J connectivity index is 2.82. The molecular formula is C12H22O5S. The molecule has 18 heavy (non-hydrogen) atoms. The zero-order valence-electron chi connectivity index (χ0n) is 11.0. The number of aliphatic hydroxyl groups is 1. The highest BCUT2D eigenvalue weighted by atomic mass is 32.2. The van der Waals surface area contributed by atoms with E-state index in [4.69, 9.17) is 4.74 Å². The summed E-state index contributed by atoms with van der Waals surface area (Å²) >= 11 is 0. The standard InChI is InChI=1S/C12H22O5S/c1-3-7-12(14,11(13)17-4-2)10-5-8-18(15,16)9-6-10/h10,14H,3-9H2,1-2H3. The van der Waals surface area contributed by atoms with E-state index < -0.39 is 21.4 Å². The second-order valence-corrected chi connectivity index (χ2v) is 7.12. The first-order valence-electron chi connectivity index (χ1n) is 6.45. The predicted molar refractivity (Wildman–Crippen MR) is 67.9 cm³/mol. The number of hydrogen-bond donors (Lipinski definition) is 1. The summed E-state index contributed by atoms with van der Waals surface area (Å²) in [6, 6.07) is 0. The van der Waals surface area contributed by atoms with E-state index in [1.54, 1.807) is 6.92 Å². The molecule has 0 aromatic carbocycles. The monoisotopic (exact) mass is 278 g/mol. The van der Waals surface area contributed by atoms with Crippen LogP contribution in [0, 0.1) is 5.92 Å². The highest BCUT2D eigenvalue weighted by Crippen LogP contribution is 2.34. The second-order valence-electron chi connectivity index (χ2n) is 4.82. The van der Waals surface area contributed by atoms with Crippen molar-refractivity contribution in [2.24, 2.45) is 5.92 Å². The van der Waals surface area contributed by atoms with Crippen molar-refractivity contribution in [1.29, 1.82) is 0 Å². The van der Waals surface area contributed by atoms with Gasteiger partial charge in [0, 0.05) is 5.92 Å². The molecule has 1 aliphatic rings. The van der Waals surface area contributed by atoms with Gasteiger partial charge in [0.2, 0.25) is 0 Å². The van der Waals surface area contributed by atoms with E-state index in [9.17, 15) is 18.3 Å². The third kappa shape index (κ3) is 3.45. The van der Waals surface area contributed by atoms with Crippen LogP contribution in [0.1, 0.15) is 39.5 Å². The largest absolute Gasteiger partial charge is 0.464 e. The Kier molecular flexibility index (Phi) is 5.16. The minimum Gasteiger partial charge on any atom is -0.464 e. The molecule has 5 nitrogen and oxygen atoms in total. The molecule has 0 amide bonds. The maximum Gasteiger partial charge on any atom is 0.338 e. The fourth-order valence-corrected chi connectivity index (χ4v) is 3.97. The first kappa shape index (κ1) is 15.4. The van der Waals surface area contributed by atoms with E-state index in [1.807, 2.05) is 6.92 Å². The van der Waals surface area contributed by atoms with Crippen LogP contribution in [0.5, 0.6) is 0 Å².